The van der Waals surface area contributed by atoms with Gasteiger partial charge in [-0.1, -0.05) is 0 Å². The Kier molecular flexibility index (Phi) is 2.43. The lowest BCUT2D eigenvalue weighted by atomic mass is 10.7. The molecule has 16 heavy (non-hydrogen) atoms. The number of aromatic nitrogens is 4. The van der Waals surface area contributed by atoms with Crippen LogP contribution in [0.25, 0.3) is 0 Å². The molecule has 0 aliphatic rings. The Morgan fingerprint density at radius 3 is 2.75 bits per heavy atom. The molecule has 2 N–H and O–H groups in total. The summed E-state index contributed by atoms with van der Waals surface area (Å²) in [6.45, 7) is 1.73. The normalized spacial score (nSPS) is 11.6. The molecule has 2 aromatic heterocycles. The first-order valence-corrected chi connectivity index (χ1v) is 5.99. The van der Waals surface area contributed by atoms with Crippen LogP contribution in [0.3, 0.4) is 0 Å². The lowest BCUT2D eigenvalue weighted by Crippen LogP contribution is -2.13. The number of hydrogen-bond donors (Lipinski definition) is 2. The number of imidazole rings is 1. The highest BCUT2D eigenvalue weighted by atomic mass is 32.2. The summed E-state index contributed by atoms with van der Waals surface area (Å²) in [7, 11) is -1.90. The molecule has 0 spiro atoms. The number of hydrogen-bond acceptors (Lipinski definition) is 4. The minimum absolute atomic E-state index is 0.0119. The number of nitrogens with zero attached hydrogens (tertiary/aromatic N) is 3. The number of nitrogens with one attached hydrogen (secondary N) is 2. The minimum atomic E-state index is -3.64. The van der Waals surface area contributed by atoms with Crippen LogP contribution in [0.5, 0.6) is 0 Å². The van der Waals surface area contributed by atoms with Crippen LogP contribution in [-0.2, 0) is 17.1 Å². The molecular weight excluding hydrogens is 230 g/mol. The second-order valence-electron chi connectivity index (χ2n) is 3.31. The van der Waals surface area contributed by atoms with Crippen molar-refractivity contribution in [2.24, 2.45) is 7.05 Å². The van der Waals surface area contributed by atoms with Crippen LogP contribution in [0.4, 0.5) is 5.82 Å². The molecule has 0 aliphatic heterocycles. The molecule has 0 saturated carbocycles. The molecule has 8 heteroatoms. The lowest BCUT2D eigenvalue weighted by Gasteiger charge is -2.01. The van der Waals surface area contributed by atoms with E-state index in [-0.39, 0.29) is 5.03 Å². The van der Waals surface area contributed by atoms with Gasteiger partial charge in [-0.05, 0) is 6.92 Å². The van der Waals surface area contributed by atoms with Crippen molar-refractivity contribution in [3.05, 3.63) is 24.3 Å². The van der Waals surface area contributed by atoms with Gasteiger partial charge >= 0.3 is 0 Å². The molecule has 2 rings (SSSR count). The molecule has 2 aromatic rings. The van der Waals surface area contributed by atoms with Crippen molar-refractivity contribution in [2.75, 3.05) is 4.72 Å². The molecule has 0 aliphatic carbocycles. The van der Waals surface area contributed by atoms with Gasteiger partial charge in [0, 0.05) is 19.3 Å². The summed E-state index contributed by atoms with van der Waals surface area (Å²) in [5, 5.41) is 6.14. The summed E-state index contributed by atoms with van der Waals surface area (Å²) in [6.07, 6.45) is 2.91. The number of aryl methyl sites for hydroxylation is 2. The standard InChI is InChI=1S/C8H11N5O2S/c1-6-10-8(5-13(6)2)16(14,15)12-7-3-4-9-11-7/h3-5H,1-2H3,(H2,9,11,12). The molecule has 0 aromatic carbocycles. The van der Waals surface area contributed by atoms with Crippen LogP contribution in [0.15, 0.2) is 23.5 Å². The average molecular weight is 241 g/mol. The minimum Gasteiger partial charge on any atom is -0.337 e. The number of aromatic amines is 1. The van der Waals surface area contributed by atoms with Crippen LogP contribution < -0.4 is 4.72 Å². The van der Waals surface area contributed by atoms with Gasteiger partial charge in [0.05, 0.1) is 6.20 Å². The zero-order valence-corrected chi connectivity index (χ0v) is 9.61. The van der Waals surface area contributed by atoms with Crippen LogP contribution in [0.2, 0.25) is 0 Å². The smallest absolute Gasteiger partial charge is 0.282 e. The van der Waals surface area contributed by atoms with Gasteiger partial charge in [-0.15, -0.1) is 0 Å². The van der Waals surface area contributed by atoms with Gasteiger partial charge in [-0.3, -0.25) is 9.82 Å². The van der Waals surface area contributed by atoms with Crippen molar-refractivity contribution in [3.63, 3.8) is 0 Å². The van der Waals surface area contributed by atoms with Gasteiger partial charge in [-0.2, -0.15) is 13.5 Å². The van der Waals surface area contributed by atoms with Gasteiger partial charge in [-0.25, -0.2) is 4.98 Å². The Morgan fingerprint density at radius 1 is 1.50 bits per heavy atom. The van der Waals surface area contributed by atoms with E-state index >= 15 is 0 Å². The second-order valence-corrected chi connectivity index (χ2v) is 4.94. The maximum atomic E-state index is 11.8. The van der Waals surface area contributed by atoms with Crippen LogP contribution in [0, 0.1) is 6.92 Å². The summed E-state index contributed by atoms with van der Waals surface area (Å²) < 4.78 is 27.6. The van der Waals surface area contributed by atoms with E-state index < -0.39 is 10.0 Å². The maximum Gasteiger partial charge on any atom is 0.282 e. The van der Waals surface area contributed by atoms with E-state index in [4.69, 9.17) is 0 Å². The monoisotopic (exact) mass is 241 g/mol. The van der Waals surface area contributed by atoms with Gasteiger partial charge in [0.15, 0.2) is 5.03 Å². The number of anilines is 1. The summed E-state index contributed by atoms with van der Waals surface area (Å²) in [5.74, 6) is 0.938. The van der Waals surface area contributed by atoms with Crippen LogP contribution >= 0.6 is 0 Å². The molecule has 0 fully saturated rings. The fourth-order valence-electron chi connectivity index (χ4n) is 1.17. The van der Waals surface area contributed by atoms with E-state index in [0.717, 1.165) is 0 Å². The third-order valence-electron chi connectivity index (χ3n) is 2.11. The first-order chi connectivity index (χ1) is 7.49. The Labute approximate surface area is 92.6 Å². The number of sulfonamides is 1. The first-order valence-electron chi connectivity index (χ1n) is 4.51. The zero-order valence-electron chi connectivity index (χ0n) is 8.80. The van der Waals surface area contributed by atoms with Crippen LogP contribution in [0.1, 0.15) is 5.82 Å². The fourth-order valence-corrected chi connectivity index (χ4v) is 2.22. The Morgan fingerprint density at radius 2 is 2.25 bits per heavy atom. The second kappa shape index (κ2) is 3.63. The Bertz CT molecular complexity index is 564. The summed E-state index contributed by atoms with van der Waals surface area (Å²) in [6, 6.07) is 1.52. The van der Waals surface area contributed by atoms with Crippen LogP contribution in [-0.4, -0.2) is 28.2 Å². The van der Waals surface area contributed by atoms with Crippen molar-refractivity contribution in [1.29, 1.82) is 0 Å². The van der Waals surface area contributed by atoms with E-state index in [0.29, 0.717) is 11.6 Å². The third kappa shape index (κ3) is 1.91. The molecule has 0 amide bonds. The quantitative estimate of drug-likeness (QED) is 0.805. The predicted molar refractivity (Wildman–Crippen MR) is 57.3 cm³/mol. The molecule has 86 valence electrons. The highest BCUT2D eigenvalue weighted by Crippen LogP contribution is 2.12. The third-order valence-corrected chi connectivity index (χ3v) is 3.34. The highest BCUT2D eigenvalue weighted by Gasteiger charge is 2.18. The molecule has 0 saturated heterocycles. The van der Waals surface area contributed by atoms with Gasteiger partial charge in [0.25, 0.3) is 10.0 Å². The van der Waals surface area contributed by atoms with Crippen molar-refractivity contribution >= 4 is 15.8 Å². The first kappa shape index (κ1) is 10.7. The molecule has 0 radical (unpaired) electrons. The van der Waals surface area contributed by atoms with Gasteiger partial charge in [0.1, 0.15) is 11.6 Å². The molecule has 7 nitrogen and oxygen atoms in total. The SMILES string of the molecule is Cc1nc(S(=O)(=O)Nc2ccn[nH]2)cn1C. The van der Waals surface area contributed by atoms with E-state index in [9.17, 15) is 8.42 Å². The topological polar surface area (TPSA) is 92.7 Å². The predicted octanol–water partition coefficient (Wildman–Crippen LogP) is 0.252. The molecule has 2 heterocycles. The van der Waals surface area contributed by atoms with E-state index in [1.54, 1.807) is 18.5 Å². The maximum absolute atomic E-state index is 11.8. The molecular formula is C8H11N5O2S. The highest BCUT2D eigenvalue weighted by molar-refractivity contribution is 7.92. The van der Waals surface area contributed by atoms with E-state index in [2.05, 4.69) is 19.9 Å². The number of H-pyrrole nitrogens is 1. The molecule has 0 atom stereocenters. The van der Waals surface area contributed by atoms with Gasteiger partial charge < -0.3 is 4.57 Å². The molecule has 0 unspecified atom stereocenters. The van der Waals surface area contributed by atoms with Crippen molar-refractivity contribution in [2.45, 2.75) is 11.9 Å². The average Bonchev–Trinajstić information content (AvgIpc) is 2.78. The van der Waals surface area contributed by atoms with Gasteiger partial charge in [0.2, 0.25) is 0 Å². The zero-order chi connectivity index (χ0) is 11.8. The summed E-state index contributed by atoms with van der Waals surface area (Å²) in [5.41, 5.74) is 0. The van der Waals surface area contributed by atoms with Crippen molar-refractivity contribution < 1.29 is 8.42 Å². The number of rotatable bonds is 3. The fraction of sp³-hybridized carbons (Fsp3) is 0.250. The summed E-state index contributed by atoms with van der Waals surface area (Å²) >= 11 is 0. The van der Waals surface area contributed by atoms with E-state index in [1.165, 1.54) is 18.5 Å². The lowest BCUT2D eigenvalue weighted by molar-refractivity contribution is 0.597. The molecule has 0 bridgehead atoms. The Balaban J connectivity index is 2.32. The van der Waals surface area contributed by atoms with Crippen molar-refractivity contribution in [1.82, 2.24) is 19.7 Å². The Hall–Kier alpha value is -1.83. The van der Waals surface area contributed by atoms with E-state index in [1.807, 2.05) is 0 Å². The summed E-state index contributed by atoms with van der Waals surface area (Å²) in [4.78, 5) is 3.94. The van der Waals surface area contributed by atoms with Crippen molar-refractivity contribution in [3.8, 4) is 0 Å². The largest absolute Gasteiger partial charge is 0.337 e.